The predicted octanol–water partition coefficient (Wildman–Crippen LogP) is 5.78. The summed E-state index contributed by atoms with van der Waals surface area (Å²) in [6.07, 6.45) is 17.6. The van der Waals surface area contributed by atoms with E-state index in [-0.39, 0.29) is 11.5 Å². The van der Waals surface area contributed by atoms with E-state index in [1.807, 2.05) is 0 Å². The van der Waals surface area contributed by atoms with Crippen LogP contribution in [0.1, 0.15) is 97.8 Å². The summed E-state index contributed by atoms with van der Waals surface area (Å²) in [5.41, 5.74) is 0.111. The summed E-state index contributed by atoms with van der Waals surface area (Å²) in [6, 6.07) is 0. The van der Waals surface area contributed by atoms with E-state index in [0.717, 1.165) is 0 Å². The molecule has 0 amide bonds. The van der Waals surface area contributed by atoms with Crippen molar-refractivity contribution in [1.29, 1.82) is 0 Å². The van der Waals surface area contributed by atoms with Gasteiger partial charge in [0.2, 0.25) is 0 Å². The maximum absolute atomic E-state index is 11.0. The lowest BCUT2D eigenvalue weighted by atomic mass is 9.96. The van der Waals surface area contributed by atoms with Gasteiger partial charge >= 0.3 is 5.97 Å². The normalized spacial score (nSPS) is 11.5. The number of hydrogen-bond donors (Lipinski definition) is 1. The number of hydrogen-bond acceptors (Lipinski definition) is 3. The molecule has 0 aliphatic carbocycles. The Labute approximate surface area is 150 Å². The summed E-state index contributed by atoms with van der Waals surface area (Å²) in [7, 11) is 0. The molecular formula is C21H41NO2. The molecule has 0 radical (unpaired) electrons. The standard InChI is InChI=1S/C21H41NO2/c1-5-7-8-9-10-11-12-13-14-15-16-17-21(3,4)22-18-19-24-20(23)6-2/h6,22H,2,5,7-19H2,1,3-4H3. The van der Waals surface area contributed by atoms with Crippen LogP contribution < -0.4 is 5.32 Å². The van der Waals surface area contributed by atoms with Crippen LogP contribution in [-0.4, -0.2) is 24.7 Å². The van der Waals surface area contributed by atoms with Gasteiger partial charge in [-0.1, -0.05) is 84.1 Å². The number of rotatable bonds is 17. The van der Waals surface area contributed by atoms with E-state index in [2.05, 4.69) is 32.7 Å². The maximum atomic E-state index is 11.0. The number of carbonyl (C=O) groups excluding carboxylic acids is 1. The topological polar surface area (TPSA) is 38.3 Å². The third-order valence-electron chi connectivity index (χ3n) is 4.52. The number of nitrogens with one attached hydrogen (secondary N) is 1. The fourth-order valence-corrected chi connectivity index (χ4v) is 2.92. The highest BCUT2D eigenvalue weighted by Gasteiger charge is 2.15. The average Bonchev–Trinajstić information content (AvgIpc) is 2.56. The Morgan fingerprint density at radius 1 is 0.958 bits per heavy atom. The Kier molecular flexibility index (Phi) is 15.1. The minimum Gasteiger partial charge on any atom is -0.461 e. The van der Waals surface area contributed by atoms with Crippen LogP contribution in [0.25, 0.3) is 0 Å². The quantitative estimate of drug-likeness (QED) is 0.207. The smallest absolute Gasteiger partial charge is 0.330 e. The van der Waals surface area contributed by atoms with E-state index < -0.39 is 0 Å². The summed E-state index contributed by atoms with van der Waals surface area (Å²) in [4.78, 5) is 11.0. The molecule has 3 nitrogen and oxygen atoms in total. The fourth-order valence-electron chi connectivity index (χ4n) is 2.92. The van der Waals surface area contributed by atoms with Gasteiger partial charge in [0, 0.05) is 18.2 Å². The highest BCUT2D eigenvalue weighted by molar-refractivity contribution is 5.81. The van der Waals surface area contributed by atoms with Gasteiger partial charge in [0.15, 0.2) is 0 Å². The first-order chi connectivity index (χ1) is 11.5. The van der Waals surface area contributed by atoms with E-state index in [0.29, 0.717) is 13.2 Å². The zero-order valence-corrected chi connectivity index (χ0v) is 16.5. The van der Waals surface area contributed by atoms with Crippen molar-refractivity contribution >= 4 is 5.97 Å². The zero-order valence-electron chi connectivity index (χ0n) is 16.5. The van der Waals surface area contributed by atoms with Crippen molar-refractivity contribution in [3.63, 3.8) is 0 Å². The molecule has 0 atom stereocenters. The lowest BCUT2D eigenvalue weighted by Crippen LogP contribution is -2.41. The Bertz CT molecular complexity index is 313. The molecule has 0 aliphatic heterocycles. The van der Waals surface area contributed by atoms with E-state index in [4.69, 9.17) is 4.74 Å². The van der Waals surface area contributed by atoms with Gasteiger partial charge in [0.1, 0.15) is 6.61 Å². The molecule has 0 spiro atoms. The summed E-state index contributed by atoms with van der Waals surface area (Å²) >= 11 is 0. The molecule has 0 heterocycles. The lowest BCUT2D eigenvalue weighted by Gasteiger charge is -2.26. The minimum atomic E-state index is -0.347. The molecule has 0 aromatic heterocycles. The fraction of sp³-hybridized carbons (Fsp3) is 0.857. The van der Waals surface area contributed by atoms with E-state index in [1.165, 1.54) is 83.1 Å². The van der Waals surface area contributed by atoms with Gasteiger partial charge < -0.3 is 10.1 Å². The third-order valence-corrected chi connectivity index (χ3v) is 4.52. The average molecular weight is 340 g/mol. The minimum absolute atomic E-state index is 0.111. The highest BCUT2D eigenvalue weighted by atomic mass is 16.5. The van der Waals surface area contributed by atoms with Gasteiger partial charge in [-0.15, -0.1) is 0 Å². The van der Waals surface area contributed by atoms with Gasteiger partial charge in [0.05, 0.1) is 0 Å². The molecule has 1 N–H and O–H groups in total. The molecule has 0 unspecified atom stereocenters. The van der Waals surface area contributed by atoms with Gasteiger partial charge in [-0.25, -0.2) is 4.79 Å². The van der Waals surface area contributed by atoms with Gasteiger partial charge in [-0.05, 0) is 20.3 Å². The number of unbranched alkanes of at least 4 members (excludes halogenated alkanes) is 10. The van der Waals surface area contributed by atoms with Crippen molar-refractivity contribution in [2.75, 3.05) is 13.2 Å². The van der Waals surface area contributed by atoms with Crippen molar-refractivity contribution in [3.05, 3.63) is 12.7 Å². The first-order valence-corrected chi connectivity index (χ1v) is 10.1. The van der Waals surface area contributed by atoms with Crippen LogP contribution in [-0.2, 0) is 9.53 Å². The SMILES string of the molecule is C=CC(=O)OCCNC(C)(C)CCCCCCCCCCCCC. The molecule has 3 heteroatoms. The van der Waals surface area contributed by atoms with Crippen LogP contribution in [0.2, 0.25) is 0 Å². The predicted molar refractivity (Wildman–Crippen MR) is 104 cm³/mol. The van der Waals surface area contributed by atoms with Crippen LogP contribution in [0.4, 0.5) is 0 Å². The zero-order chi connectivity index (χ0) is 18.1. The van der Waals surface area contributed by atoms with Crippen LogP contribution >= 0.6 is 0 Å². The molecule has 0 rings (SSSR count). The number of carbonyl (C=O) groups is 1. The van der Waals surface area contributed by atoms with Crippen LogP contribution in [0, 0.1) is 0 Å². The number of esters is 1. The largest absolute Gasteiger partial charge is 0.461 e. The molecule has 0 saturated carbocycles. The third kappa shape index (κ3) is 16.0. The van der Waals surface area contributed by atoms with Crippen molar-refractivity contribution in [2.45, 2.75) is 103 Å². The lowest BCUT2D eigenvalue weighted by molar-refractivity contribution is -0.137. The molecule has 0 aliphatic rings. The summed E-state index contributed by atoms with van der Waals surface area (Å²) in [6.45, 7) is 11.2. The first-order valence-electron chi connectivity index (χ1n) is 10.1. The second-order valence-corrected chi connectivity index (χ2v) is 7.47. The Morgan fingerprint density at radius 3 is 1.96 bits per heavy atom. The Hall–Kier alpha value is -0.830. The van der Waals surface area contributed by atoms with Crippen LogP contribution in [0.5, 0.6) is 0 Å². The van der Waals surface area contributed by atoms with E-state index in [1.54, 1.807) is 0 Å². The second-order valence-electron chi connectivity index (χ2n) is 7.47. The molecule has 0 bridgehead atoms. The molecule has 0 fully saturated rings. The Balaban J connectivity index is 3.38. The summed E-state index contributed by atoms with van der Waals surface area (Å²) in [5.74, 6) is -0.347. The Morgan fingerprint density at radius 2 is 1.46 bits per heavy atom. The summed E-state index contributed by atoms with van der Waals surface area (Å²) < 4.78 is 4.98. The molecule has 0 aromatic rings. The second kappa shape index (κ2) is 15.7. The molecule has 0 aromatic carbocycles. The van der Waals surface area contributed by atoms with Crippen LogP contribution in [0.15, 0.2) is 12.7 Å². The van der Waals surface area contributed by atoms with Crippen molar-refractivity contribution in [1.82, 2.24) is 5.32 Å². The number of ether oxygens (including phenoxy) is 1. The first kappa shape index (κ1) is 23.2. The van der Waals surface area contributed by atoms with Gasteiger partial charge in [-0.2, -0.15) is 0 Å². The molecule has 142 valence electrons. The van der Waals surface area contributed by atoms with Crippen molar-refractivity contribution in [2.24, 2.45) is 0 Å². The molecular weight excluding hydrogens is 298 g/mol. The van der Waals surface area contributed by atoms with E-state index >= 15 is 0 Å². The molecule has 0 saturated heterocycles. The van der Waals surface area contributed by atoms with Gasteiger partial charge in [0.25, 0.3) is 0 Å². The van der Waals surface area contributed by atoms with Crippen LogP contribution in [0.3, 0.4) is 0 Å². The van der Waals surface area contributed by atoms with E-state index in [9.17, 15) is 4.79 Å². The monoisotopic (exact) mass is 339 g/mol. The van der Waals surface area contributed by atoms with Crippen molar-refractivity contribution in [3.8, 4) is 0 Å². The highest BCUT2D eigenvalue weighted by Crippen LogP contribution is 2.16. The molecule has 24 heavy (non-hydrogen) atoms. The van der Waals surface area contributed by atoms with Crippen molar-refractivity contribution < 1.29 is 9.53 Å². The maximum Gasteiger partial charge on any atom is 0.330 e. The van der Waals surface area contributed by atoms with Gasteiger partial charge in [-0.3, -0.25) is 0 Å². The summed E-state index contributed by atoms with van der Waals surface area (Å²) in [5, 5.41) is 3.46.